The molecule has 1 amide bonds. The van der Waals surface area contributed by atoms with E-state index in [1.54, 1.807) is 13.2 Å². The highest BCUT2D eigenvalue weighted by molar-refractivity contribution is 5.93. The summed E-state index contributed by atoms with van der Waals surface area (Å²) in [5.74, 6) is 1.01. The van der Waals surface area contributed by atoms with E-state index in [2.05, 4.69) is 15.3 Å². The molecule has 3 rings (SSSR count). The standard InChI is InChI=1S/C18H17N3O4/c1-24-15-4-2-12(3-5-15)8-16-20-14(9-17(22)21-16)10-19-18(23)13-6-7-25-11-13/h2-7,9,11H,8,10H2,1H3,(H,19,23)(H,20,21,22). The third kappa shape index (κ3) is 4.35. The first-order valence-electron chi connectivity index (χ1n) is 7.66. The van der Waals surface area contributed by atoms with E-state index in [-0.39, 0.29) is 18.0 Å². The van der Waals surface area contributed by atoms with Gasteiger partial charge >= 0.3 is 0 Å². The number of hydrogen-bond donors (Lipinski definition) is 2. The van der Waals surface area contributed by atoms with Crippen LogP contribution in [0.5, 0.6) is 5.75 Å². The van der Waals surface area contributed by atoms with Crippen LogP contribution < -0.4 is 15.6 Å². The van der Waals surface area contributed by atoms with Crippen molar-refractivity contribution in [3.05, 3.63) is 81.9 Å². The fourth-order valence-corrected chi connectivity index (χ4v) is 2.34. The number of methoxy groups -OCH3 is 1. The molecule has 0 atom stereocenters. The smallest absolute Gasteiger partial charge is 0.254 e. The number of aromatic amines is 1. The number of nitrogens with one attached hydrogen (secondary N) is 2. The molecular formula is C18H17N3O4. The van der Waals surface area contributed by atoms with Gasteiger partial charge in [-0.2, -0.15) is 0 Å². The Morgan fingerprint density at radius 1 is 1.28 bits per heavy atom. The number of aromatic nitrogens is 2. The molecule has 1 aromatic carbocycles. The lowest BCUT2D eigenvalue weighted by Gasteiger charge is -2.06. The first-order chi connectivity index (χ1) is 12.1. The number of benzene rings is 1. The van der Waals surface area contributed by atoms with Gasteiger partial charge in [-0.15, -0.1) is 0 Å². The van der Waals surface area contributed by atoms with Crippen molar-refractivity contribution < 1.29 is 13.9 Å². The minimum Gasteiger partial charge on any atom is -0.497 e. The Bertz CT molecular complexity index is 899. The maximum absolute atomic E-state index is 11.9. The van der Waals surface area contributed by atoms with Crippen LogP contribution in [0.3, 0.4) is 0 Å². The lowest BCUT2D eigenvalue weighted by Crippen LogP contribution is -2.24. The molecule has 25 heavy (non-hydrogen) atoms. The lowest BCUT2D eigenvalue weighted by atomic mass is 10.1. The molecule has 2 N–H and O–H groups in total. The molecule has 2 heterocycles. The van der Waals surface area contributed by atoms with E-state index < -0.39 is 0 Å². The molecule has 128 valence electrons. The van der Waals surface area contributed by atoms with Gasteiger partial charge in [-0.05, 0) is 23.8 Å². The van der Waals surface area contributed by atoms with Crippen molar-refractivity contribution in [2.75, 3.05) is 7.11 Å². The fraction of sp³-hybridized carbons (Fsp3) is 0.167. The van der Waals surface area contributed by atoms with E-state index in [0.717, 1.165) is 11.3 Å². The second-order valence-electron chi connectivity index (χ2n) is 5.40. The van der Waals surface area contributed by atoms with Crippen molar-refractivity contribution in [3.8, 4) is 5.75 Å². The zero-order chi connectivity index (χ0) is 17.6. The van der Waals surface area contributed by atoms with Gasteiger partial charge in [-0.3, -0.25) is 9.59 Å². The zero-order valence-electron chi connectivity index (χ0n) is 13.6. The summed E-state index contributed by atoms with van der Waals surface area (Å²) in [5, 5.41) is 2.70. The predicted molar refractivity (Wildman–Crippen MR) is 90.5 cm³/mol. The minimum atomic E-state index is -0.285. The van der Waals surface area contributed by atoms with Gasteiger partial charge in [0.05, 0.1) is 31.2 Å². The van der Waals surface area contributed by atoms with Crippen molar-refractivity contribution in [2.45, 2.75) is 13.0 Å². The van der Waals surface area contributed by atoms with Crippen LogP contribution >= 0.6 is 0 Å². The number of carbonyl (C=O) groups is 1. The van der Waals surface area contributed by atoms with Gasteiger partial charge in [-0.25, -0.2) is 4.98 Å². The summed E-state index contributed by atoms with van der Waals surface area (Å²) in [6.45, 7) is 0.156. The molecule has 0 radical (unpaired) electrons. The number of amides is 1. The molecule has 2 aromatic heterocycles. The van der Waals surface area contributed by atoms with Crippen molar-refractivity contribution in [1.82, 2.24) is 15.3 Å². The largest absolute Gasteiger partial charge is 0.497 e. The summed E-state index contributed by atoms with van der Waals surface area (Å²) in [6.07, 6.45) is 3.26. The highest BCUT2D eigenvalue weighted by atomic mass is 16.5. The van der Waals surface area contributed by atoms with Crippen LogP contribution in [0.15, 0.2) is 58.1 Å². The van der Waals surface area contributed by atoms with Gasteiger partial charge in [0.1, 0.15) is 17.8 Å². The van der Waals surface area contributed by atoms with E-state index in [9.17, 15) is 9.59 Å². The molecular weight excluding hydrogens is 322 g/mol. The Labute approximate surface area is 143 Å². The van der Waals surface area contributed by atoms with E-state index >= 15 is 0 Å². The molecule has 0 saturated carbocycles. The van der Waals surface area contributed by atoms with Crippen LogP contribution in [0, 0.1) is 0 Å². The summed E-state index contributed by atoms with van der Waals surface area (Å²) < 4.78 is 9.99. The Morgan fingerprint density at radius 2 is 2.08 bits per heavy atom. The molecule has 7 nitrogen and oxygen atoms in total. The third-order valence-corrected chi connectivity index (χ3v) is 3.59. The summed E-state index contributed by atoms with van der Waals surface area (Å²) >= 11 is 0. The summed E-state index contributed by atoms with van der Waals surface area (Å²) in [7, 11) is 1.61. The predicted octanol–water partition coefficient (Wildman–Crippen LogP) is 1.89. The molecule has 3 aromatic rings. The summed E-state index contributed by atoms with van der Waals surface area (Å²) in [5.41, 5.74) is 1.64. The van der Waals surface area contributed by atoms with Gasteiger partial charge in [0, 0.05) is 12.5 Å². The molecule has 0 spiro atoms. The highest BCUT2D eigenvalue weighted by Crippen LogP contribution is 2.13. The van der Waals surface area contributed by atoms with E-state index in [0.29, 0.717) is 23.5 Å². The quantitative estimate of drug-likeness (QED) is 0.715. The molecule has 0 bridgehead atoms. The number of rotatable bonds is 6. The van der Waals surface area contributed by atoms with E-state index in [4.69, 9.17) is 9.15 Å². The first kappa shape index (κ1) is 16.5. The fourth-order valence-electron chi connectivity index (χ4n) is 2.34. The van der Waals surface area contributed by atoms with Gasteiger partial charge in [0.15, 0.2) is 0 Å². The molecule has 0 aliphatic rings. The monoisotopic (exact) mass is 339 g/mol. The highest BCUT2D eigenvalue weighted by Gasteiger charge is 2.08. The number of ether oxygens (including phenoxy) is 1. The zero-order valence-corrected chi connectivity index (χ0v) is 13.6. The van der Waals surface area contributed by atoms with Crippen molar-refractivity contribution >= 4 is 5.91 Å². The van der Waals surface area contributed by atoms with Gasteiger partial charge in [0.2, 0.25) is 0 Å². The second kappa shape index (κ2) is 7.48. The van der Waals surface area contributed by atoms with Crippen molar-refractivity contribution in [1.29, 1.82) is 0 Å². The number of furan rings is 1. The number of carbonyl (C=O) groups excluding carboxylic acids is 1. The van der Waals surface area contributed by atoms with Crippen LogP contribution in [-0.2, 0) is 13.0 Å². The Balaban J connectivity index is 1.69. The Hall–Kier alpha value is -3.35. The van der Waals surface area contributed by atoms with E-state index in [1.807, 2.05) is 24.3 Å². The van der Waals surface area contributed by atoms with Crippen LogP contribution in [0.4, 0.5) is 0 Å². The molecule has 0 saturated heterocycles. The van der Waals surface area contributed by atoms with Gasteiger partial charge in [-0.1, -0.05) is 12.1 Å². The lowest BCUT2D eigenvalue weighted by molar-refractivity contribution is 0.0949. The molecule has 7 heteroatoms. The topological polar surface area (TPSA) is 97.2 Å². The Kier molecular flexibility index (Phi) is 4.94. The van der Waals surface area contributed by atoms with Crippen LogP contribution in [-0.4, -0.2) is 23.0 Å². The average Bonchev–Trinajstić information content (AvgIpc) is 3.15. The van der Waals surface area contributed by atoms with Gasteiger partial charge in [0.25, 0.3) is 11.5 Å². The SMILES string of the molecule is COc1ccc(Cc2nc(CNC(=O)c3ccoc3)cc(=O)[nH]2)cc1. The van der Waals surface area contributed by atoms with Crippen LogP contribution in [0.1, 0.15) is 27.4 Å². The number of hydrogen-bond acceptors (Lipinski definition) is 5. The van der Waals surface area contributed by atoms with Crippen molar-refractivity contribution in [2.24, 2.45) is 0 Å². The minimum absolute atomic E-state index is 0.156. The van der Waals surface area contributed by atoms with Gasteiger partial charge < -0.3 is 19.5 Å². The third-order valence-electron chi connectivity index (χ3n) is 3.59. The Morgan fingerprint density at radius 3 is 2.76 bits per heavy atom. The van der Waals surface area contributed by atoms with E-state index in [1.165, 1.54) is 18.6 Å². The normalized spacial score (nSPS) is 10.4. The number of nitrogens with zero attached hydrogens (tertiary/aromatic N) is 1. The maximum atomic E-state index is 11.9. The molecule has 0 unspecified atom stereocenters. The maximum Gasteiger partial charge on any atom is 0.254 e. The van der Waals surface area contributed by atoms with Crippen LogP contribution in [0.2, 0.25) is 0 Å². The second-order valence-corrected chi connectivity index (χ2v) is 5.40. The molecule has 0 fully saturated rings. The average molecular weight is 339 g/mol. The molecule has 0 aliphatic carbocycles. The first-order valence-corrected chi connectivity index (χ1v) is 7.66. The summed E-state index contributed by atoms with van der Waals surface area (Å²) in [6, 6.07) is 10.5. The van der Waals surface area contributed by atoms with Crippen LogP contribution in [0.25, 0.3) is 0 Å². The van der Waals surface area contributed by atoms with Crippen molar-refractivity contribution in [3.63, 3.8) is 0 Å². The number of H-pyrrole nitrogens is 1. The summed E-state index contributed by atoms with van der Waals surface area (Å²) in [4.78, 5) is 30.8. The molecule has 0 aliphatic heterocycles.